The molecule has 0 heterocycles. The van der Waals surface area contributed by atoms with Crippen molar-refractivity contribution in [1.29, 1.82) is 0 Å². The lowest BCUT2D eigenvalue weighted by molar-refractivity contribution is -0.267. The zero-order valence-corrected chi connectivity index (χ0v) is 13.4. The van der Waals surface area contributed by atoms with Crippen LogP contribution in [0.2, 0.25) is 0 Å². The third kappa shape index (κ3) is 3.78. The van der Waals surface area contributed by atoms with Crippen molar-refractivity contribution in [2.24, 2.45) is 0 Å². The van der Waals surface area contributed by atoms with E-state index in [-0.39, 0.29) is 18.9 Å². The maximum atomic E-state index is 13.2. The average molecular weight is 349 g/mol. The smallest absolute Gasteiger partial charge is 0.432 e. The quantitative estimate of drug-likeness (QED) is 0.827. The molecule has 0 aliphatic rings. The maximum absolute atomic E-state index is 13.2. The van der Waals surface area contributed by atoms with Crippen LogP contribution in [0.5, 0.6) is 0 Å². The van der Waals surface area contributed by atoms with Gasteiger partial charge in [0.25, 0.3) is 5.60 Å². The van der Waals surface area contributed by atoms with Crippen molar-refractivity contribution < 1.29 is 37.3 Å². The highest BCUT2D eigenvalue weighted by Crippen LogP contribution is 2.40. The molecule has 1 rings (SSSR count). The summed E-state index contributed by atoms with van der Waals surface area (Å²) in [5.41, 5.74) is -4.27. The van der Waals surface area contributed by atoms with Crippen LogP contribution in [0.4, 0.5) is 23.7 Å². The molecule has 0 radical (unpaired) electrons. The van der Waals surface area contributed by atoms with Gasteiger partial charge in [0.05, 0.1) is 13.2 Å². The van der Waals surface area contributed by atoms with Gasteiger partial charge in [0.2, 0.25) is 0 Å². The van der Waals surface area contributed by atoms with Crippen molar-refractivity contribution in [1.82, 2.24) is 0 Å². The van der Waals surface area contributed by atoms with E-state index in [1.165, 1.54) is 14.0 Å². The minimum Gasteiger partial charge on any atom is -0.463 e. The van der Waals surface area contributed by atoms with E-state index in [9.17, 15) is 27.9 Å². The topological polar surface area (TPSA) is 76.1 Å². The average Bonchev–Trinajstić information content (AvgIpc) is 2.52. The molecule has 6 nitrogen and oxygen atoms in total. The van der Waals surface area contributed by atoms with E-state index in [2.05, 4.69) is 4.74 Å². The summed E-state index contributed by atoms with van der Waals surface area (Å²) in [6.07, 6.45) is -5.96. The fourth-order valence-corrected chi connectivity index (χ4v) is 1.88. The molecule has 0 spiro atoms. The van der Waals surface area contributed by atoms with Gasteiger partial charge in [-0.05, 0) is 26.0 Å². The molecule has 0 unspecified atom stereocenters. The van der Waals surface area contributed by atoms with Crippen LogP contribution in [-0.4, -0.2) is 43.6 Å². The number of amides is 1. The van der Waals surface area contributed by atoms with Crippen LogP contribution in [0.15, 0.2) is 24.3 Å². The molecule has 134 valence electrons. The molecule has 9 heteroatoms. The number of hydrogen-bond acceptors (Lipinski definition) is 5. The maximum Gasteiger partial charge on any atom is 0.432 e. The summed E-state index contributed by atoms with van der Waals surface area (Å²) in [7, 11) is 1.37. The predicted molar refractivity (Wildman–Crippen MR) is 78.5 cm³/mol. The zero-order chi connectivity index (χ0) is 18.5. The van der Waals surface area contributed by atoms with Crippen molar-refractivity contribution in [3.8, 4) is 0 Å². The fraction of sp³-hybridized carbons (Fsp3) is 0.467. The van der Waals surface area contributed by atoms with Gasteiger partial charge >= 0.3 is 18.2 Å². The van der Waals surface area contributed by atoms with Crippen molar-refractivity contribution in [3.05, 3.63) is 29.8 Å². The SMILES string of the molecule is CCOC(=O)N(C)c1ccc([C@@](O)(C(=O)OCC)C(F)(F)F)cc1. The number of rotatable bonds is 5. The number of esters is 1. The highest BCUT2D eigenvalue weighted by atomic mass is 19.4. The van der Waals surface area contributed by atoms with Gasteiger partial charge in [-0.15, -0.1) is 0 Å². The van der Waals surface area contributed by atoms with E-state index in [1.54, 1.807) is 6.92 Å². The Morgan fingerprint density at radius 3 is 2.00 bits per heavy atom. The number of nitrogens with zero attached hydrogens (tertiary/aromatic N) is 1. The Labute approximate surface area is 136 Å². The third-order valence-corrected chi connectivity index (χ3v) is 3.20. The van der Waals surface area contributed by atoms with Gasteiger partial charge < -0.3 is 14.6 Å². The second-order valence-electron chi connectivity index (χ2n) is 4.73. The minimum atomic E-state index is -5.27. The van der Waals surface area contributed by atoms with E-state index >= 15 is 0 Å². The van der Waals surface area contributed by atoms with Gasteiger partial charge in [0.15, 0.2) is 0 Å². The second kappa shape index (κ2) is 7.52. The van der Waals surface area contributed by atoms with Gasteiger partial charge in [0, 0.05) is 18.3 Å². The number of aliphatic hydroxyl groups is 1. The fourth-order valence-electron chi connectivity index (χ4n) is 1.88. The molecular weight excluding hydrogens is 331 g/mol. The minimum absolute atomic E-state index is 0.137. The van der Waals surface area contributed by atoms with Crippen molar-refractivity contribution in [3.63, 3.8) is 0 Å². The Hall–Kier alpha value is -2.29. The molecule has 0 saturated carbocycles. The Morgan fingerprint density at radius 1 is 1.08 bits per heavy atom. The van der Waals surface area contributed by atoms with Crippen LogP contribution in [0.1, 0.15) is 19.4 Å². The summed E-state index contributed by atoms with van der Waals surface area (Å²) in [5, 5.41) is 9.94. The summed E-state index contributed by atoms with van der Waals surface area (Å²) < 4.78 is 48.8. The molecule has 1 aromatic carbocycles. The first kappa shape index (κ1) is 19.8. The normalized spacial score (nSPS) is 13.8. The number of benzene rings is 1. The summed E-state index contributed by atoms with van der Waals surface area (Å²) in [6, 6.07) is 4.11. The third-order valence-electron chi connectivity index (χ3n) is 3.20. The van der Waals surface area contributed by atoms with Crippen molar-refractivity contribution >= 4 is 17.7 Å². The molecular formula is C15H18F3NO5. The molecule has 0 aromatic heterocycles. The lowest BCUT2D eigenvalue weighted by Crippen LogP contribution is -2.50. The lowest BCUT2D eigenvalue weighted by atomic mass is 9.93. The molecule has 1 amide bonds. The lowest BCUT2D eigenvalue weighted by Gasteiger charge is -2.28. The van der Waals surface area contributed by atoms with Crippen LogP contribution >= 0.6 is 0 Å². The monoisotopic (exact) mass is 349 g/mol. The van der Waals surface area contributed by atoms with Gasteiger partial charge in [-0.2, -0.15) is 13.2 Å². The van der Waals surface area contributed by atoms with Gasteiger partial charge in [-0.1, -0.05) is 12.1 Å². The highest BCUT2D eigenvalue weighted by Gasteiger charge is 2.62. The van der Waals surface area contributed by atoms with Crippen LogP contribution in [0, 0.1) is 0 Å². The Balaban J connectivity index is 3.20. The van der Waals surface area contributed by atoms with Crippen LogP contribution in [-0.2, 0) is 19.9 Å². The van der Waals surface area contributed by atoms with E-state index in [1.807, 2.05) is 0 Å². The number of anilines is 1. The number of carbonyl (C=O) groups is 2. The molecule has 0 fully saturated rings. The summed E-state index contributed by atoms with van der Waals surface area (Å²) in [4.78, 5) is 24.3. The molecule has 0 aliphatic heterocycles. The van der Waals surface area contributed by atoms with Crippen molar-refractivity contribution in [2.45, 2.75) is 25.6 Å². The molecule has 1 N–H and O–H groups in total. The summed E-state index contributed by atoms with van der Waals surface area (Å²) in [6.45, 7) is 2.75. The molecule has 0 bridgehead atoms. The number of carbonyl (C=O) groups excluding carboxylic acids is 2. The van der Waals surface area contributed by atoms with Crippen LogP contribution in [0.3, 0.4) is 0 Å². The summed E-state index contributed by atoms with van der Waals surface area (Å²) in [5.74, 6) is -1.82. The molecule has 0 saturated heterocycles. The largest absolute Gasteiger partial charge is 0.463 e. The Bertz CT molecular complexity index is 588. The van der Waals surface area contributed by atoms with Crippen molar-refractivity contribution in [2.75, 3.05) is 25.2 Å². The second-order valence-corrected chi connectivity index (χ2v) is 4.73. The van der Waals surface area contributed by atoms with Crippen LogP contribution in [0.25, 0.3) is 0 Å². The molecule has 1 atom stereocenters. The van der Waals surface area contributed by atoms with Gasteiger partial charge in [-0.3, -0.25) is 4.90 Å². The number of halogens is 3. The number of ether oxygens (including phenoxy) is 2. The number of alkyl halides is 3. The van der Waals surface area contributed by atoms with E-state index in [0.717, 1.165) is 29.2 Å². The van der Waals surface area contributed by atoms with Gasteiger partial charge in [-0.25, -0.2) is 9.59 Å². The molecule has 1 aromatic rings. The molecule has 24 heavy (non-hydrogen) atoms. The molecule has 0 aliphatic carbocycles. The zero-order valence-electron chi connectivity index (χ0n) is 13.4. The predicted octanol–water partition coefficient (Wildman–Crippen LogP) is 2.59. The van der Waals surface area contributed by atoms with E-state index < -0.39 is 29.4 Å². The highest BCUT2D eigenvalue weighted by molar-refractivity contribution is 5.87. The first-order valence-corrected chi connectivity index (χ1v) is 7.06. The van der Waals surface area contributed by atoms with E-state index in [4.69, 9.17) is 4.74 Å². The first-order chi connectivity index (χ1) is 11.1. The first-order valence-electron chi connectivity index (χ1n) is 7.06. The Kier molecular flexibility index (Phi) is 6.19. The van der Waals surface area contributed by atoms with E-state index in [0.29, 0.717) is 0 Å². The standard InChI is InChI=1S/C15H18F3NO5/c1-4-23-12(20)14(22,15(16,17)18)10-6-8-11(9-7-10)19(3)13(21)24-5-2/h6-9,22H,4-5H2,1-3H3/t14-/m1/s1. The van der Waals surface area contributed by atoms with Crippen LogP contribution < -0.4 is 4.90 Å². The Morgan fingerprint density at radius 2 is 1.58 bits per heavy atom. The summed E-state index contributed by atoms with van der Waals surface area (Å²) >= 11 is 0. The number of hydrogen-bond donors (Lipinski definition) is 1. The van der Waals surface area contributed by atoms with Gasteiger partial charge in [0.1, 0.15) is 0 Å².